The maximum Gasteiger partial charge on any atom is 0.253 e. The monoisotopic (exact) mass is 315 g/mol. The van der Waals surface area contributed by atoms with Crippen LogP contribution in [0.4, 0.5) is 20.4 Å². The van der Waals surface area contributed by atoms with Gasteiger partial charge in [-0.1, -0.05) is 0 Å². The van der Waals surface area contributed by atoms with Crippen LogP contribution < -0.4 is 10.1 Å². The Bertz CT molecular complexity index is 1020. The van der Waals surface area contributed by atoms with Crippen LogP contribution in [0.2, 0.25) is 0 Å². The Hall–Kier alpha value is -3.16. The number of nitrogens with one attached hydrogen (secondary N) is 2. The number of nitrogens with zero attached hydrogens (tertiary/aromatic N) is 3. The molecule has 0 aliphatic rings. The molecule has 23 heavy (non-hydrogen) atoms. The third kappa shape index (κ3) is 2.24. The van der Waals surface area contributed by atoms with Crippen molar-refractivity contribution in [1.29, 1.82) is 0 Å². The van der Waals surface area contributed by atoms with E-state index < -0.39 is 11.6 Å². The molecular weight excluding hydrogens is 304 g/mol. The zero-order valence-electron chi connectivity index (χ0n) is 12.0. The van der Waals surface area contributed by atoms with Crippen LogP contribution in [0.5, 0.6) is 5.75 Å². The number of methoxy groups -OCH3 is 1. The first-order chi connectivity index (χ1) is 11.1. The van der Waals surface area contributed by atoms with Crippen LogP contribution in [-0.2, 0) is 0 Å². The van der Waals surface area contributed by atoms with Gasteiger partial charge in [-0.05, 0) is 24.3 Å². The minimum atomic E-state index is -0.574. The SMILES string of the molecule is COc1ccc2c(c1)nc1nc(Nc3cc(F)ccc3F)[nH]n12. The summed E-state index contributed by atoms with van der Waals surface area (Å²) in [6, 6.07) is 8.58. The molecule has 0 radical (unpaired) electrons. The highest BCUT2D eigenvalue weighted by atomic mass is 19.1. The van der Waals surface area contributed by atoms with Gasteiger partial charge in [0.05, 0.1) is 23.8 Å². The average Bonchev–Trinajstić information content (AvgIpc) is 3.07. The number of anilines is 2. The van der Waals surface area contributed by atoms with Crippen LogP contribution in [0.15, 0.2) is 36.4 Å². The summed E-state index contributed by atoms with van der Waals surface area (Å²) in [5, 5.41) is 5.66. The van der Waals surface area contributed by atoms with Gasteiger partial charge in [0.25, 0.3) is 5.78 Å². The minimum absolute atomic E-state index is 0.00650. The van der Waals surface area contributed by atoms with Gasteiger partial charge in [-0.3, -0.25) is 5.10 Å². The summed E-state index contributed by atoms with van der Waals surface area (Å²) >= 11 is 0. The standard InChI is InChI=1S/C15H11F2N5O/c1-23-9-3-5-13-12(7-9)19-15-20-14(21-22(13)15)18-11-6-8(16)2-4-10(11)17/h2-7H,1H3,(H2,18,19,20,21). The van der Waals surface area contributed by atoms with E-state index in [2.05, 4.69) is 20.4 Å². The smallest absolute Gasteiger partial charge is 0.253 e. The Morgan fingerprint density at radius 3 is 2.83 bits per heavy atom. The summed E-state index contributed by atoms with van der Waals surface area (Å²) in [7, 11) is 1.58. The van der Waals surface area contributed by atoms with Gasteiger partial charge in [-0.15, -0.1) is 0 Å². The Balaban J connectivity index is 1.76. The van der Waals surface area contributed by atoms with Crippen LogP contribution >= 0.6 is 0 Å². The van der Waals surface area contributed by atoms with Gasteiger partial charge >= 0.3 is 0 Å². The quantitative estimate of drug-likeness (QED) is 0.609. The second-order valence-electron chi connectivity index (χ2n) is 4.92. The maximum atomic E-state index is 13.7. The summed E-state index contributed by atoms with van der Waals surface area (Å²) in [5.41, 5.74) is 1.50. The molecule has 0 spiro atoms. The van der Waals surface area contributed by atoms with Gasteiger partial charge in [-0.2, -0.15) is 4.98 Å². The van der Waals surface area contributed by atoms with Gasteiger partial charge in [0.15, 0.2) is 0 Å². The number of benzene rings is 2. The van der Waals surface area contributed by atoms with Crippen molar-refractivity contribution in [3.8, 4) is 5.75 Å². The lowest BCUT2D eigenvalue weighted by atomic mass is 10.3. The summed E-state index contributed by atoms with van der Waals surface area (Å²) in [6.07, 6.45) is 0. The van der Waals surface area contributed by atoms with E-state index in [9.17, 15) is 8.78 Å². The summed E-state index contributed by atoms with van der Waals surface area (Å²) in [6.45, 7) is 0. The molecule has 0 fully saturated rings. The predicted molar refractivity (Wildman–Crippen MR) is 81.0 cm³/mol. The van der Waals surface area contributed by atoms with Gasteiger partial charge in [-0.25, -0.2) is 18.3 Å². The summed E-state index contributed by atoms with van der Waals surface area (Å²) in [4.78, 5) is 8.59. The van der Waals surface area contributed by atoms with E-state index >= 15 is 0 Å². The molecule has 2 heterocycles. The Labute approximate surface area is 128 Å². The number of H-pyrrole nitrogens is 1. The number of aromatic amines is 1. The largest absolute Gasteiger partial charge is 0.497 e. The molecule has 4 aromatic rings. The van der Waals surface area contributed by atoms with Gasteiger partial charge in [0, 0.05) is 12.1 Å². The number of fused-ring (bicyclic) bond motifs is 3. The fourth-order valence-electron chi connectivity index (χ4n) is 2.37. The Morgan fingerprint density at radius 2 is 2.00 bits per heavy atom. The van der Waals surface area contributed by atoms with E-state index in [1.165, 1.54) is 0 Å². The fraction of sp³-hybridized carbons (Fsp3) is 0.0667. The maximum absolute atomic E-state index is 13.7. The summed E-state index contributed by atoms with van der Waals surface area (Å²) in [5.74, 6) is 0.249. The summed E-state index contributed by atoms with van der Waals surface area (Å²) < 4.78 is 33.7. The molecule has 2 N–H and O–H groups in total. The number of aromatic nitrogens is 4. The molecule has 116 valence electrons. The third-order valence-electron chi connectivity index (χ3n) is 3.45. The Kier molecular flexibility index (Phi) is 2.90. The molecule has 0 bridgehead atoms. The number of halogens is 2. The number of ether oxygens (including phenoxy) is 1. The zero-order chi connectivity index (χ0) is 16.0. The van der Waals surface area contributed by atoms with Crippen molar-refractivity contribution in [3.05, 3.63) is 48.0 Å². The topological polar surface area (TPSA) is 67.2 Å². The molecule has 0 aliphatic carbocycles. The van der Waals surface area contributed by atoms with Crippen molar-refractivity contribution < 1.29 is 13.5 Å². The van der Waals surface area contributed by atoms with E-state index in [1.54, 1.807) is 23.8 Å². The highest BCUT2D eigenvalue weighted by Crippen LogP contribution is 2.23. The highest BCUT2D eigenvalue weighted by molar-refractivity contribution is 5.81. The van der Waals surface area contributed by atoms with Crippen molar-refractivity contribution in [2.24, 2.45) is 0 Å². The second kappa shape index (κ2) is 4.94. The lowest BCUT2D eigenvalue weighted by Gasteiger charge is -2.03. The lowest BCUT2D eigenvalue weighted by molar-refractivity contribution is 0.415. The molecule has 8 heteroatoms. The van der Waals surface area contributed by atoms with Crippen molar-refractivity contribution in [1.82, 2.24) is 19.6 Å². The normalized spacial score (nSPS) is 11.3. The first-order valence-corrected chi connectivity index (χ1v) is 6.78. The van der Waals surface area contributed by atoms with Crippen molar-refractivity contribution in [2.75, 3.05) is 12.4 Å². The minimum Gasteiger partial charge on any atom is -0.497 e. The van der Waals surface area contributed by atoms with Crippen molar-refractivity contribution in [2.45, 2.75) is 0 Å². The number of imidazole rings is 1. The number of hydrogen-bond acceptors (Lipinski definition) is 4. The van der Waals surface area contributed by atoms with Crippen LogP contribution in [0.25, 0.3) is 16.8 Å². The van der Waals surface area contributed by atoms with Crippen LogP contribution in [0.1, 0.15) is 0 Å². The van der Waals surface area contributed by atoms with Gasteiger partial charge in [0.1, 0.15) is 17.4 Å². The third-order valence-corrected chi connectivity index (χ3v) is 3.45. The molecule has 0 saturated heterocycles. The molecule has 2 aromatic carbocycles. The number of hydrogen-bond donors (Lipinski definition) is 2. The lowest BCUT2D eigenvalue weighted by Crippen LogP contribution is -1.97. The highest BCUT2D eigenvalue weighted by Gasteiger charge is 2.12. The van der Waals surface area contributed by atoms with E-state index in [1.807, 2.05) is 6.07 Å². The van der Waals surface area contributed by atoms with E-state index in [-0.39, 0.29) is 11.6 Å². The zero-order valence-corrected chi connectivity index (χ0v) is 12.0. The van der Waals surface area contributed by atoms with E-state index in [0.717, 1.165) is 23.7 Å². The second-order valence-corrected chi connectivity index (χ2v) is 4.92. The average molecular weight is 315 g/mol. The molecule has 0 saturated carbocycles. The Morgan fingerprint density at radius 1 is 1.13 bits per heavy atom. The van der Waals surface area contributed by atoms with E-state index in [0.29, 0.717) is 17.0 Å². The fourth-order valence-corrected chi connectivity index (χ4v) is 2.37. The van der Waals surface area contributed by atoms with E-state index in [4.69, 9.17) is 4.74 Å². The van der Waals surface area contributed by atoms with Gasteiger partial charge in [0.2, 0.25) is 5.95 Å². The first-order valence-electron chi connectivity index (χ1n) is 6.78. The molecule has 0 amide bonds. The first kappa shape index (κ1) is 13.5. The van der Waals surface area contributed by atoms with Crippen LogP contribution in [-0.4, -0.2) is 26.7 Å². The molecule has 0 atom stereocenters. The van der Waals surface area contributed by atoms with Gasteiger partial charge < -0.3 is 10.1 Å². The van der Waals surface area contributed by atoms with Crippen molar-refractivity contribution in [3.63, 3.8) is 0 Å². The molecule has 4 rings (SSSR count). The number of rotatable bonds is 3. The van der Waals surface area contributed by atoms with Crippen LogP contribution in [0, 0.1) is 11.6 Å². The molecule has 6 nitrogen and oxygen atoms in total. The predicted octanol–water partition coefficient (Wildman–Crippen LogP) is 3.24. The molecule has 2 aromatic heterocycles. The molecular formula is C15H11F2N5O. The molecule has 0 unspecified atom stereocenters. The van der Waals surface area contributed by atoms with Crippen LogP contribution in [0.3, 0.4) is 0 Å². The molecule has 0 aliphatic heterocycles. The van der Waals surface area contributed by atoms with Crippen molar-refractivity contribution >= 4 is 28.4 Å².